The molecular weight excluding hydrogens is 340 g/mol. The number of rotatable bonds is 4. The van der Waals surface area contributed by atoms with Crippen LogP contribution in [-0.4, -0.2) is 35.9 Å². The number of carbonyl (C=O) groups excluding carboxylic acids is 2. The summed E-state index contributed by atoms with van der Waals surface area (Å²) < 4.78 is 5.27. The van der Waals surface area contributed by atoms with Gasteiger partial charge in [-0.15, -0.1) is 0 Å². The van der Waals surface area contributed by atoms with Crippen LogP contribution in [0.25, 0.3) is 0 Å². The molecule has 0 spiro atoms. The van der Waals surface area contributed by atoms with Crippen LogP contribution in [0.5, 0.6) is 5.75 Å². The van der Waals surface area contributed by atoms with E-state index < -0.39 is 0 Å². The summed E-state index contributed by atoms with van der Waals surface area (Å²) in [6, 6.07) is 14.6. The SMILES string of the molecule is COc1ccccc1C(=O)Nc1ccccc1C(=O)N1[C@H](C)CCC[C@@H]1C. The van der Waals surface area contributed by atoms with Crippen LogP contribution in [0.4, 0.5) is 5.69 Å². The quantitative estimate of drug-likeness (QED) is 0.875. The van der Waals surface area contributed by atoms with Crippen LogP contribution in [0.15, 0.2) is 48.5 Å². The topological polar surface area (TPSA) is 58.6 Å². The van der Waals surface area contributed by atoms with Crippen molar-refractivity contribution in [2.75, 3.05) is 12.4 Å². The van der Waals surface area contributed by atoms with Crippen molar-refractivity contribution >= 4 is 17.5 Å². The van der Waals surface area contributed by atoms with Crippen LogP contribution in [0, 0.1) is 0 Å². The fourth-order valence-electron chi connectivity index (χ4n) is 3.76. The highest BCUT2D eigenvalue weighted by Crippen LogP contribution is 2.28. The Bertz CT molecular complexity index is 824. The van der Waals surface area contributed by atoms with E-state index in [2.05, 4.69) is 19.2 Å². The molecule has 1 N–H and O–H groups in total. The number of ether oxygens (including phenoxy) is 1. The van der Waals surface area contributed by atoms with E-state index in [0.29, 0.717) is 22.6 Å². The Kier molecular flexibility index (Phi) is 5.79. The van der Waals surface area contributed by atoms with Crippen molar-refractivity contribution in [2.45, 2.75) is 45.2 Å². The number of likely N-dealkylation sites (tertiary alicyclic amines) is 1. The molecule has 0 aliphatic carbocycles. The molecule has 3 rings (SSSR count). The fourth-order valence-corrected chi connectivity index (χ4v) is 3.76. The number of carbonyl (C=O) groups is 2. The monoisotopic (exact) mass is 366 g/mol. The van der Waals surface area contributed by atoms with Crippen molar-refractivity contribution < 1.29 is 14.3 Å². The summed E-state index contributed by atoms with van der Waals surface area (Å²) in [7, 11) is 1.53. The number of amides is 2. The maximum atomic E-state index is 13.2. The van der Waals surface area contributed by atoms with Gasteiger partial charge in [0.2, 0.25) is 0 Å². The minimum Gasteiger partial charge on any atom is -0.496 e. The van der Waals surface area contributed by atoms with Crippen molar-refractivity contribution in [3.63, 3.8) is 0 Å². The molecule has 1 fully saturated rings. The number of methoxy groups -OCH3 is 1. The number of piperidine rings is 1. The maximum absolute atomic E-state index is 13.2. The first-order chi connectivity index (χ1) is 13.0. The second kappa shape index (κ2) is 8.25. The van der Waals surface area contributed by atoms with Crippen LogP contribution in [0.1, 0.15) is 53.8 Å². The van der Waals surface area contributed by atoms with Gasteiger partial charge in [0.05, 0.1) is 23.9 Å². The van der Waals surface area contributed by atoms with Gasteiger partial charge in [-0.1, -0.05) is 24.3 Å². The Hall–Kier alpha value is -2.82. The minimum atomic E-state index is -0.299. The van der Waals surface area contributed by atoms with Crippen LogP contribution in [0.2, 0.25) is 0 Å². The first-order valence-electron chi connectivity index (χ1n) is 9.39. The Morgan fingerprint density at radius 2 is 1.56 bits per heavy atom. The lowest BCUT2D eigenvalue weighted by Crippen LogP contribution is -2.47. The van der Waals surface area contributed by atoms with Gasteiger partial charge in [-0.3, -0.25) is 9.59 Å². The number of nitrogens with one attached hydrogen (secondary N) is 1. The van der Waals surface area contributed by atoms with Crippen LogP contribution >= 0.6 is 0 Å². The lowest BCUT2D eigenvalue weighted by atomic mass is 9.96. The number of hydrogen-bond acceptors (Lipinski definition) is 3. The number of anilines is 1. The normalized spacial score (nSPS) is 19.4. The van der Waals surface area contributed by atoms with Gasteiger partial charge < -0.3 is 15.0 Å². The highest BCUT2D eigenvalue weighted by molar-refractivity contribution is 6.10. The predicted molar refractivity (Wildman–Crippen MR) is 106 cm³/mol. The zero-order chi connectivity index (χ0) is 19.4. The molecule has 1 aliphatic heterocycles. The van der Waals surface area contributed by atoms with Gasteiger partial charge in [-0.05, 0) is 57.4 Å². The molecule has 0 radical (unpaired) electrons. The molecule has 5 nitrogen and oxygen atoms in total. The van der Waals surface area contributed by atoms with E-state index in [1.165, 1.54) is 7.11 Å². The Labute approximate surface area is 160 Å². The number of para-hydroxylation sites is 2. The first-order valence-corrected chi connectivity index (χ1v) is 9.39. The van der Waals surface area contributed by atoms with E-state index in [1.54, 1.807) is 30.3 Å². The first kappa shape index (κ1) is 19.0. The predicted octanol–water partition coefficient (Wildman–Crippen LogP) is 4.35. The molecule has 1 aliphatic rings. The molecule has 0 aromatic heterocycles. The second-order valence-electron chi connectivity index (χ2n) is 7.04. The molecule has 2 atom stereocenters. The Morgan fingerprint density at radius 3 is 2.22 bits per heavy atom. The molecule has 27 heavy (non-hydrogen) atoms. The van der Waals surface area contributed by atoms with Gasteiger partial charge in [0.15, 0.2) is 0 Å². The Balaban J connectivity index is 1.88. The summed E-state index contributed by atoms with van der Waals surface area (Å²) in [4.78, 5) is 27.9. The second-order valence-corrected chi connectivity index (χ2v) is 7.04. The van der Waals surface area contributed by atoms with Crippen molar-refractivity contribution in [2.24, 2.45) is 0 Å². The smallest absolute Gasteiger partial charge is 0.259 e. The van der Waals surface area contributed by atoms with Crippen LogP contribution in [-0.2, 0) is 0 Å². The largest absolute Gasteiger partial charge is 0.496 e. The van der Waals surface area contributed by atoms with E-state index in [-0.39, 0.29) is 23.9 Å². The molecule has 5 heteroatoms. The molecule has 1 heterocycles. The van der Waals surface area contributed by atoms with Gasteiger partial charge in [0.1, 0.15) is 5.75 Å². The van der Waals surface area contributed by atoms with Crippen LogP contribution < -0.4 is 10.1 Å². The molecular formula is C22H26N2O3. The average Bonchev–Trinajstić information content (AvgIpc) is 2.68. The van der Waals surface area contributed by atoms with Gasteiger partial charge in [-0.2, -0.15) is 0 Å². The van der Waals surface area contributed by atoms with E-state index in [1.807, 2.05) is 23.1 Å². The van der Waals surface area contributed by atoms with E-state index >= 15 is 0 Å². The highest BCUT2D eigenvalue weighted by Gasteiger charge is 2.31. The molecule has 2 aromatic rings. The molecule has 1 saturated heterocycles. The number of nitrogens with zero attached hydrogens (tertiary/aromatic N) is 1. The third kappa shape index (κ3) is 3.97. The maximum Gasteiger partial charge on any atom is 0.259 e. The lowest BCUT2D eigenvalue weighted by molar-refractivity contribution is 0.0512. The molecule has 142 valence electrons. The van der Waals surface area contributed by atoms with Crippen molar-refractivity contribution in [3.8, 4) is 5.75 Å². The van der Waals surface area contributed by atoms with Gasteiger partial charge in [-0.25, -0.2) is 0 Å². The average molecular weight is 366 g/mol. The summed E-state index contributed by atoms with van der Waals surface area (Å²) in [5.74, 6) is 0.162. The number of benzene rings is 2. The fraction of sp³-hybridized carbons (Fsp3) is 0.364. The van der Waals surface area contributed by atoms with Gasteiger partial charge >= 0.3 is 0 Å². The van der Waals surface area contributed by atoms with Gasteiger partial charge in [0.25, 0.3) is 11.8 Å². The summed E-state index contributed by atoms with van der Waals surface area (Å²) in [6.07, 6.45) is 3.15. The zero-order valence-electron chi connectivity index (χ0n) is 16.1. The summed E-state index contributed by atoms with van der Waals surface area (Å²) in [6.45, 7) is 4.17. The van der Waals surface area contributed by atoms with Crippen molar-refractivity contribution in [1.82, 2.24) is 4.90 Å². The minimum absolute atomic E-state index is 0.0365. The molecule has 2 amide bonds. The third-order valence-electron chi connectivity index (χ3n) is 5.19. The lowest BCUT2D eigenvalue weighted by Gasteiger charge is -2.39. The van der Waals surface area contributed by atoms with Gasteiger partial charge in [0, 0.05) is 12.1 Å². The molecule has 2 aromatic carbocycles. The van der Waals surface area contributed by atoms with Crippen molar-refractivity contribution in [1.29, 1.82) is 0 Å². The van der Waals surface area contributed by atoms with Crippen molar-refractivity contribution in [3.05, 3.63) is 59.7 Å². The third-order valence-corrected chi connectivity index (χ3v) is 5.19. The molecule has 0 saturated carbocycles. The molecule has 0 unspecified atom stereocenters. The molecule has 0 bridgehead atoms. The summed E-state index contributed by atoms with van der Waals surface area (Å²) in [5, 5.41) is 2.88. The summed E-state index contributed by atoms with van der Waals surface area (Å²) in [5.41, 5.74) is 1.46. The summed E-state index contributed by atoms with van der Waals surface area (Å²) >= 11 is 0. The van der Waals surface area contributed by atoms with E-state index in [4.69, 9.17) is 4.74 Å². The van der Waals surface area contributed by atoms with E-state index in [9.17, 15) is 9.59 Å². The Morgan fingerprint density at radius 1 is 0.963 bits per heavy atom. The number of hydrogen-bond donors (Lipinski definition) is 1. The van der Waals surface area contributed by atoms with Crippen LogP contribution in [0.3, 0.4) is 0 Å². The highest BCUT2D eigenvalue weighted by atomic mass is 16.5. The van der Waals surface area contributed by atoms with E-state index in [0.717, 1.165) is 19.3 Å². The zero-order valence-corrected chi connectivity index (χ0v) is 16.1. The standard InChI is InChI=1S/C22H26N2O3/c1-15-9-8-10-16(2)24(15)22(26)17-11-4-6-13-19(17)23-21(25)18-12-5-7-14-20(18)27-3/h4-7,11-16H,8-10H2,1-3H3,(H,23,25)/t15-,16+.